The Morgan fingerprint density at radius 2 is 0.917 bits per heavy atom. The Balaban J connectivity index is 0.00000208. The molecule has 0 bridgehead atoms. The third-order valence-electron chi connectivity index (χ3n) is 10.3. The van der Waals surface area contributed by atoms with Crippen molar-refractivity contribution in [3.8, 4) is 22.3 Å². The standard InChI is InChI=1S/C45H50.2CH3.Hf/c1-11-22-45(10,35-25-31-14-12-16-39(41(31)27-35)37-20-18-33(23-29(37)2)43(4,5)6)36-26-32-15-13-17-40(42(32)28-36)38-21-19-34(24-30(38)3)44(7,8)9;;;/h12-21,23-28H,11,22H2,1-10H3;2*1H3;/q-2;2*-1;+4. The van der Waals surface area contributed by atoms with Crippen LogP contribution in [0.25, 0.3) is 43.8 Å². The molecule has 0 spiro atoms. The van der Waals surface area contributed by atoms with E-state index in [0.29, 0.717) is 0 Å². The molecule has 1 heteroatoms. The van der Waals surface area contributed by atoms with Gasteiger partial charge in [-0.05, 0) is 69.9 Å². The monoisotopic (exact) mass is 800 g/mol. The van der Waals surface area contributed by atoms with Gasteiger partial charge in [-0.15, -0.1) is 69.1 Å². The van der Waals surface area contributed by atoms with Crippen LogP contribution in [0.5, 0.6) is 0 Å². The molecule has 6 aromatic rings. The van der Waals surface area contributed by atoms with E-state index in [-0.39, 0.29) is 56.9 Å². The van der Waals surface area contributed by atoms with Gasteiger partial charge in [0.05, 0.1) is 0 Å². The van der Waals surface area contributed by atoms with Crippen LogP contribution in [0.1, 0.15) is 102 Å². The summed E-state index contributed by atoms with van der Waals surface area (Å²) in [4.78, 5) is 0. The smallest absolute Gasteiger partial charge is 0.358 e. The van der Waals surface area contributed by atoms with Crippen molar-refractivity contribution in [3.05, 3.63) is 145 Å². The Kier molecular flexibility index (Phi) is 11.9. The molecule has 0 radical (unpaired) electrons. The van der Waals surface area contributed by atoms with Gasteiger partial charge in [0.25, 0.3) is 0 Å². The first kappa shape index (κ1) is 39.4. The molecule has 0 aliphatic carbocycles. The predicted molar refractivity (Wildman–Crippen MR) is 211 cm³/mol. The van der Waals surface area contributed by atoms with E-state index < -0.39 is 0 Å². The molecular weight excluding hydrogens is 743 g/mol. The molecule has 0 aliphatic heterocycles. The maximum atomic E-state index is 2.49. The first-order chi connectivity index (χ1) is 21.2. The van der Waals surface area contributed by atoms with Crippen molar-refractivity contribution in [2.24, 2.45) is 0 Å². The van der Waals surface area contributed by atoms with Crippen molar-refractivity contribution in [1.82, 2.24) is 0 Å². The molecule has 0 aromatic heterocycles. The van der Waals surface area contributed by atoms with Gasteiger partial charge in [0.2, 0.25) is 0 Å². The number of hydrogen-bond acceptors (Lipinski definition) is 0. The second-order valence-electron chi connectivity index (χ2n) is 15.7. The summed E-state index contributed by atoms with van der Waals surface area (Å²) >= 11 is 0. The topological polar surface area (TPSA) is 0 Å². The minimum absolute atomic E-state index is 0. The van der Waals surface area contributed by atoms with E-state index in [0.717, 1.165) is 12.8 Å². The fraction of sp³-hybridized carbons (Fsp3) is 0.319. The molecule has 6 rings (SSSR count). The van der Waals surface area contributed by atoms with Gasteiger partial charge in [0.1, 0.15) is 0 Å². The van der Waals surface area contributed by atoms with Crippen LogP contribution in [0, 0.1) is 28.7 Å². The Morgan fingerprint density at radius 3 is 1.25 bits per heavy atom. The zero-order valence-corrected chi connectivity index (χ0v) is 35.2. The van der Waals surface area contributed by atoms with Crippen molar-refractivity contribution in [3.63, 3.8) is 0 Å². The summed E-state index contributed by atoms with van der Waals surface area (Å²) in [6.45, 7) is 23.1. The first-order valence-corrected chi connectivity index (χ1v) is 16.8. The van der Waals surface area contributed by atoms with Gasteiger partial charge in [-0.3, -0.25) is 0 Å². The van der Waals surface area contributed by atoms with E-state index in [1.807, 2.05) is 0 Å². The molecule has 0 fully saturated rings. The second kappa shape index (κ2) is 14.4. The molecule has 0 nitrogen and oxygen atoms in total. The number of rotatable bonds is 6. The average molecular weight is 799 g/mol. The fourth-order valence-corrected chi connectivity index (χ4v) is 7.40. The molecular formula is C47H56Hf. The predicted octanol–water partition coefficient (Wildman–Crippen LogP) is 14.0. The summed E-state index contributed by atoms with van der Waals surface area (Å²) in [5.41, 5.74) is 13.8. The van der Waals surface area contributed by atoms with Gasteiger partial charge in [0.15, 0.2) is 0 Å². The molecule has 48 heavy (non-hydrogen) atoms. The molecule has 0 atom stereocenters. The van der Waals surface area contributed by atoms with E-state index in [9.17, 15) is 0 Å². The van der Waals surface area contributed by atoms with Crippen LogP contribution >= 0.6 is 0 Å². The van der Waals surface area contributed by atoms with Gasteiger partial charge in [-0.2, -0.15) is 12.1 Å². The third-order valence-corrected chi connectivity index (χ3v) is 10.3. The molecule has 0 saturated heterocycles. The van der Waals surface area contributed by atoms with Gasteiger partial charge in [0, 0.05) is 0 Å². The normalized spacial score (nSPS) is 12.0. The molecule has 0 heterocycles. The van der Waals surface area contributed by atoms with E-state index in [4.69, 9.17) is 0 Å². The SMILES string of the molecule is CCCC(C)(c1cc2c(-c3ccc(C(C)(C)C)cc3C)cccc2[cH-]1)c1cc2c(-c3ccc(C(C)(C)C)cc3C)cccc2[cH-]1.[CH3-].[CH3-].[Hf+4]. The minimum atomic E-state index is -0.0857. The van der Waals surface area contributed by atoms with Crippen LogP contribution in [-0.4, -0.2) is 0 Å². The Labute approximate surface area is 311 Å². The van der Waals surface area contributed by atoms with E-state index in [1.54, 1.807) is 0 Å². The summed E-state index contributed by atoms with van der Waals surface area (Å²) in [5, 5.41) is 5.37. The molecule has 0 unspecified atom stereocenters. The first-order valence-electron chi connectivity index (χ1n) is 16.8. The van der Waals surface area contributed by atoms with Crippen molar-refractivity contribution in [2.75, 3.05) is 0 Å². The van der Waals surface area contributed by atoms with Gasteiger partial charge in [-0.25, -0.2) is 0 Å². The van der Waals surface area contributed by atoms with Crippen molar-refractivity contribution < 1.29 is 25.8 Å². The largest absolute Gasteiger partial charge is 4.00 e. The Hall–Kier alpha value is -3.03. The molecule has 0 amide bonds. The Bertz CT molecular complexity index is 1870. The summed E-state index contributed by atoms with van der Waals surface area (Å²) in [7, 11) is 0. The van der Waals surface area contributed by atoms with E-state index in [1.165, 1.54) is 77.2 Å². The zero-order chi connectivity index (χ0) is 32.3. The minimum Gasteiger partial charge on any atom is -0.358 e. The number of aryl methyl sites for hydroxylation is 2. The number of benzene rings is 4. The molecule has 0 N–H and O–H groups in total. The quantitative estimate of drug-likeness (QED) is 0.116. The van der Waals surface area contributed by atoms with Crippen molar-refractivity contribution >= 4 is 21.5 Å². The van der Waals surface area contributed by atoms with Crippen LogP contribution in [0.4, 0.5) is 0 Å². The van der Waals surface area contributed by atoms with E-state index in [2.05, 4.69) is 166 Å². The second-order valence-corrected chi connectivity index (χ2v) is 15.7. The van der Waals surface area contributed by atoms with Crippen molar-refractivity contribution in [1.29, 1.82) is 0 Å². The van der Waals surface area contributed by atoms with Crippen LogP contribution in [0.2, 0.25) is 0 Å². The van der Waals surface area contributed by atoms with Crippen LogP contribution in [0.3, 0.4) is 0 Å². The maximum absolute atomic E-state index is 2.49. The van der Waals surface area contributed by atoms with Crippen LogP contribution < -0.4 is 0 Å². The summed E-state index contributed by atoms with van der Waals surface area (Å²) in [5.74, 6) is 0. The zero-order valence-electron chi connectivity index (χ0n) is 31.7. The van der Waals surface area contributed by atoms with Gasteiger partial charge in [-0.1, -0.05) is 121 Å². The van der Waals surface area contributed by atoms with Crippen molar-refractivity contribution in [2.45, 2.75) is 98.3 Å². The average Bonchev–Trinajstić information content (AvgIpc) is 3.62. The third kappa shape index (κ3) is 7.14. The summed E-state index contributed by atoms with van der Waals surface area (Å²) in [6, 6.07) is 37.6. The number of hydrogen-bond donors (Lipinski definition) is 0. The molecule has 248 valence electrons. The maximum Gasteiger partial charge on any atom is 4.00 e. The Morgan fingerprint density at radius 1 is 0.521 bits per heavy atom. The fourth-order valence-electron chi connectivity index (χ4n) is 7.40. The summed E-state index contributed by atoms with van der Waals surface area (Å²) in [6.07, 6.45) is 2.23. The molecule has 0 aliphatic rings. The van der Waals surface area contributed by atoms with Gasteiger partial charge >= 0.3 is 25.8 Å². The van der Waals surface area contributed by atoms with E-state index >= 15 is 0 Å². The van der Waals surface area contributed by atoms with Crippen LogP contribution in [-0.2, 0) is 42.1 Å². The number of fused-ring (bicyclic) bond motifs is 2. The molecule has 6 aromatic carbocycles. The van der Waals surface area contributed by atoms with Crippen LogP contribution in [0.15, 0.2) is 97.1 Å². The molecule has 0 saturated carbocycles. The van der Waals surface area contributed by atoms with Gasteiger partial charge < -0.3 is 14.9 Å². The summed E-state index contributed by atoms with van der Waals surface area (Å²) < 4.78 is 0.